The number of rotatable bonds is 6. The van der Waals surface area contributed by atoms with Crippen molar-refractivity contribution in [3.05, 3.63) is 83.1 Å². The van der Waals surface area contributed by atoms with Crippen molar-refractivity contribution in [2.75, 3.05) is 5.43 Å². The average Bonchev–Trinajstić information content (AvgIpc) is 3.27. The number of fused-ring (bicyclic) bond motifs is 1. The van der Waals surface area contributed by atoms with E-state index < -0.39 is 16.5 Å². The van der Waals surface area contributed by atoms with Gasteiger partial charge in [0.15, 0.2) is 5.76 Å². The molecule has 2 heterocycles. The Balaban J connectivity index is 1.64. The van der Waals surface area contributed by atoms with Gasteiger partial charge in [-0.2, -0.15) is 4.98 Å². The summed E-state index contributed by atoms with van der Waals surface area (Å²) in [5.41, 5.74) is 4.17. The maximum absolute atomic E-state index is 12.0. The molecular weight excluding hydrogens is 378 g/mol. The molecule has 10 nitrogen and oxygen atoms in total. The fraction of sp³-hybridized carbons (Fsp3) is 0. The maximum atomic E-state index is 12.0. The van der Waals surface area contributed by atoms with Gasteiger partial charge in [0.1, 0.15) is 12.1 Å². The Bertz CT molecular complexity index is 1190. The van der Waals surface area contributed by atoms with Crippen molar-refractivity contribution in [1.82, 2.24) is 15.4 Å². The van der Waals surface area contributed by atoms with Gasteiger partial charge in [0.05, 0.1) is 11.2 Å². The summed E-state index contributed by atoms with van der Waals surface area (Å²) in [4.78, 5) is 30.6. The smallest absolute Gasteiger partial charge is 0.374 e. The van der Waals surface area contributed by atoms with Gasteiger partial charge in [-0.15, -0.1) is 0 Å². The highest BCUT2D eigenvalue weighted by Gasteiger charge is 2.26. The molecule has 0 aliphatic rings. The fourth-order valence-corrected chi connectivity index (χ4v) is 2.67. The lowest BCUT2D eigenvalue weighted by Crippen LogP contribution is -2.30. The second kappa shape index (κ2) is 7.64. The highest BCUT2D eigenvalue weighted by Crippen LogP contribution is 2.36. The third-order valence-corrected chi connectivity index (χ3v) is 3.97. The molecule has 10 heteroatoms. The van der Waals surface area contributed by atoms with Crippen LogP contribution >= 0.6 is 0 Å². The van der Waals surface area contributed by atoms with Crippen LogP contribution in [0, 0.1) is 10.1 Å². The van der Waals surface area contributed by atoms with E-state index in [2.05, 4.69) is 20.8 Å². The van der Waals surface area contributed by atoms with Gasteiger partial charge < -0.3 is 9.15 Å². The Kier molecular flexibility index (Phi) is 4.72. The molecule has 0 radical (unpaired) electrons. The Morgan fingerprint density at radius 1 is 1.07 bits per heavy atom. The third kappa shape index (κ3) is 3.67. The fourth-order valence-electron chi connectivity index (χ4n) is 2.67. The van der Waals surface area contributed by atoms with Gasteiger partial charge in [0.2, 0.25) is 5.82 Å². The zero-order chi connectivity index (χ0) is 20.2. The molecule has 4 rings (SSSR count). The van der Waals surface area contributed by atoms with E-state index in [0.717, 1.165) is 17.1 Å². The number of anilines is 1. The summed E-state index contributed by atoms with van der Waals surface area (Å²) >= 11 is 0. The van der Waals surface area contributed by atoms with Crippen LogP contribution in [-0.4, -0.2) is 20.8 Å². The van der Waals surface area contributed by atoms with Gasteiger partial charge in [-0.05, 0) is 23.6 Å². The first-order valence-electron chi connectivity index (χ1n) is 8.38. The standard InChI is InChI=1S/C19H13N5O5/c25-18(15-9-4-10-28-15)23-22-17-16(24(26)27)19(21-11-20-17)29-14-8-3-6-12-5-1-2-7-13(12)14/h1-11H,(H,23,25)(H,20,21,22). The Hall–Kier alpha value is -4.47. The number of hydrogen-bond acceptors (Lipinski definition) is 8. The molecule has 29 heavy (non-hydrogen) atoms. The summed E-state index contributed by atoms with van der Waals surface area (Å²) in [5, 5.41) is 13.3. The minimum absolute atomic E-state index is 0.0291. The molecule has 0 saturated carbocycles. The zero-order valence-corrected chi connectivity index (χ0v) is 14.7. The molecule has 4 aromatic rings. The maximum Gasteiger partial charge on any atom is 0.374 e. The Labute approximate surface area is 163 Å². The highest BCUT2D eigenvalue weighted by molar-refractivity contribution is 5.92. The van der Waals surface area contributed by atoms with Crippen molar-refractivity contribution >= 4 is 28.2 Å². The van der Waals surface area contributed by atoms with Crippen LogP contribution in [0.2, 0.25) is 0 Å². The van der Waals surface area contributed by atoms with Crippen LogP contribution in [-0.2, 0) is 0 Å². The van der Waals surface area contributed by atoms with Gasteiger partial charge in [-0.1, -0.05) is 36.4 Å². The van der Waals surface area contributed by atoms with E-state index in [9.17, 15) is 14.9 Å². The van der Waals surface area contributed by atoms with Crippen molar-refractivity contribution in [1.29, 1.82) is 0 Å². The molecule has 0 unspecified atom stereocenters. The summed E-state index contributed by atoms with van der Waals surface area (Å²) in [6.45, 7) is 0. The van der Waals surface area contributed by atoms with Crippen LogP contribution in [0.25, 0.3) is 10.8 Å². The van der Waals surface area contributed by atoms with Gasteiger partial charge in [0.25, 0.3) is 0 Å². The number of hydrogen-bond donors (Lipinski definition) is 2. The van der Waals surface area contributed by atoms with Crippen LogP contribution in [0.3, 0.4) is 0 Å². The summed E-state index contributed by atoms with van der Waals surface area (Å²) < 4.78 is 10.7. The molecule has 0 saturated heterocycles. The first kappa shape index (κ1) is 17.9. The van der Waals surface area contributed by atoms with Gasteiger partial charge in [-0.3, -0.25) is 25.8 Å². The predicted octanol–water partition coefficient (Wildman–Crippen LogP) is 3.68. The molecule has 0 aliphatic carbocycles. The summed E-state index contributed by atoms with van der Waals surface area (Å²) in [7, 11) is 0. The Morgan fingerprint density at radius 3 is 2.69 bits per heavy atom. The van der Waals surface area contributed by atoms with Gasteiger partial charge in [-0.25, -0.2) is 4.98 Å². The number of nitrogens with zero attached hydrogens (tertiary/aromatic N) is 3. The highest BCUT2D eigenvalue weighted by atomic mass is 16.6. The van der Waals surface area contributed by atoms with Crippen LogP contribution in [0.1, 0.15) is 10.6 Å². The minimum Gasteiger partial charge on any atom is -0.459 e. The zero-order valence-electron chi connectivity index (χ0n) is 14.7. The number of furan rings is 1. The number of hydrazine groups is 1. The summed E-state index contributed by atoms with van der Waals surface area (Å²) in [5.74, 6) is -0.701. The van der Waals surface area contributed by atoms with Crippen LogP contribution in [0.5, 0.6) is 11.6 Å². The van der Waals surface area contributed by atoms with E-state index in [1.807, 2.05) is 30.3 Å². The van der Waals surface area contributed by atoms with E-state index in [-0.39, 0.29) is 17.5 Å². The van der Waals surface area contributed by atoms with Gasteiger partial charge >= 0.3 is 17.5 Å². The number of carbonyl (C=O) groups is 1. The van der Waals surface area contributed by atoms with E-state index in [1.54, 1.807) is 12.1 Å². The van der Waals surface area contributed by atoms with Crippen molar-refractivity contribution < 1.29 is 18.9 Å². The van der Waals surface area contributed by atoms with Crippen LogP contribution < -0.4 is 15.6 Å². The first-order chi connectivity index (χ1) is 14.1. The number of ether oxygens (including phenoxy) is 1. The second-order valence-electron chi connectivity index (χ2n) is 5.77. The monoisotopic (exact) mass is 391 g/mol. The molecule has 0 bridgehead atoms. The molecule has 144 valence electrons. The van der Waals surface area contributed by atoms with Crippen molar-refractivity contribution in [3.63, 3.8) is 0 Å². The molecule has 0 aliphatic heterocycles. The normalized spacial score (nSPS) is 10.5. The third-order valence-electron chi connectivity index (χ3n) is 3.97. The number of benzene rings is 2. The second-order valence-corrected chi connectivity index (χ2v) is 5.77. The molecular formula is C19H13N5O5. The summed E-state index contributed by atoms with van der Waals surface area (Å²) in [6, 6.07) is 15.8. The topological polar surface area (TPSA) is 132 Å². The number of nitrogens with one attached hydrogen (secondary N) is 2. The quantitative estimate of drug-likeness (QED) is 0.376. The average molecular weight is 391 g/mol. The molecule has 1 amide bonds. The molecule has 2 N–H and O–H groups in total. The molecule has 0 fully saturated rings. The summed E-state index contributed by atoms with van der Waals surface area (Å²) in [6.07, 6.45) is 2.42. The largest absolute Gasteiger partial charge is 0.459 e. The SMILES string of the molecule is O=C(NNc1ncnc(Oc2cccc3ccccc23)c1[N+](=O)[O-])c1ccco1. The van der Waals surface area contributed by atoms with Crippen LogP contribution in [0.4, 0.5) is 11.5 Å². The van der Waals surface area contributed by atoms with Crippen LogP contribution in [0.15, 0.2) is 71.6 Å². The lowest BCUT2D eigenvalue weighted by Gasteiger charge is -2.11. The van der Waals surface area contributed by atoms with Crippen molar-refractivity contribution in [2.24, 2.45) is 0 Å². The van der Waals surface area contributed by atoms with E-state index in [1.165, 1.54) is 18.4 Å². The first-order valence-corrected chi connectivity index (χ1v) is 8.38. The van der Waals surface area contributed by atoms with Crippen molar-refractivity contribution in [3.8, 4) is 11.6 Å². The van der Waals surface area contributed by atoms with E-state index >= 15 is 0 Å². The number of aromatic nitrogens is 2. The van der Waals surface area contributed by atoms with E-state index in [4.69, 9.17) is 9.15 Å². The van der Waals surface area contributed by atoms with Gasteiger partial charge in [0, 0.05) is 5.39 Å². The predicted molar refractivity (Wildman–Crippen MR) is 103 cm³/mol. The molecule has 0 spiro atoms. The minimum atomic E-state index is -0.693. The molecule has 0 atom stereocenters. The number of nitro groups is 1. The number of carbonyl (C=O) groups excluding carboxylic acids is 1. The lowest BCUT2D eigenvalue weighted by molar-refractivity contribution is -0.385. The van der Waals surface area contributed by atoms with Crippen molar-refractivity contribution in [2.45, 2.75) is 0 Å². The number of amides is 1. The lowest BCUT2D eigenvalue weighted by atomic mass is 10.1. The van der Waals surface area contributed by atoms with E-state index in [0.29, 0.717) is 5.75 Å². The Morgan fingerprint density at radius 2 is 1.90 bits per heavy atom. The molecule has 2 aromatic carbocycles. The molecule has 2 aromatic heterocycles.